The standard InChI is InChI=1S/C14H19Br2NO/c1-14(2,4-5-15)17-9-11-8-12(16)7-10-3-6-18-13(10)11/h7-8,17H,3-6,9H2,1-2H3. The first-order valence-electron chi connectivity index (χ1n) is 6.27. The Morgan fingerprint density at radius 1 is 1.39 bits per heavy atom. The van der Waals surface area contributed by atoms with Gasteiger partial charge in [0.15, 0.2) is 0 Å². The summed E-state index contributed by atoms with van der Waals surface area (Å²) in [7, 11) is 0. The first kappa shape index (κ1) is 14.4. The van der Waals surface area contributed by atoms with Crippen LogP contribution in [0.25, 0.3) is 0 Å². The van der Waals surface area contributed by atoms with E-state index in [0.717, 1.165) is 41.5 Å². The second-order valence-corrected chi connectivity index (χ2v) is 7.04. The Bertz CT molecular complexity index is 432. The largest absolute Gasteiger partial charge is 0.493 e. The molecule has 0 saturated heterocycles. The van der Waals surface area contributed by atoms with Gasteiger partial charge in [-0.25, -0.2) is 0 Å². The second-order valence-electron chi connectivity index (χ2n) is 5.33. The molecule has 0 aliphatic carbocycles. The van der Waals surface area contributed by atoms with Gasteiger partial charge in [0, 0.05) is 33.9 Å². The van der Waals surface area contributed by atoms with Gasteiger partial charge < -0.3 is 10.1 Å². The average molecular weight is 377 g/mol. The van der Waals surface area contributed by atoms with Crippen molar-refractivity contribution in [3.05, 3.63) is 27.7 Å². The molecule has 1 aromatic rings. The highest BCUT2D eigenvalue weighted by atomic mass is 79.9. The SMILES string of the molecule is CC(C)(CCBr)NCc1cc(Br)cc2c1OCC2. The van der Waals surface area contributed by atoms with Crippen LogP contribution in [0.2, 0.25) is 0 Å². The van der Waals surface area contributed by atoms with E-state index in [1.54, 1.807) is 0 Å². The number of alkyl halides is 1. The van der Waals surface area contributed by atoms with E-state index in [1.807, 2.05) is 0 Å². The average Bonchev–Trinajstić information content (AvgIpc) is 2.73. The van der Waals surface area contributed by atoms with Crippen molar-refractivity contribution in [1.29, 1.82) is 0 Å². The van der Waals surface area contributed by atoms with Gasteiger partial charge in [0.1, 0.15) is 5.75 Å². The van der Waals surface area contributed by atoms with Crippen molar-refractivity contribution in [2.24, 2.45) is 0 Å². The summed E-state index contributed by atoms with van der Waals surface area (Å²) >= 11 is 7.08. The van der Waals surface area contributed by atoms with E-state index in [-0.39, 0.29) is 5.54 Å². The summed E-state index contributed by atoms with van der Waals surface area (Å²) in [4.78, 5) is 0. The maximum atomic E-state index is 5.74. The van der Waals surface area contributed by atoms with E-state index in [1.165, 1.54) is 11.1 Å². The lowest BCUT2D eigenvalue weighted by molar-refractivity contribution is 0.343. The third-order valence-electron chi connectivity index (χ3n) is 3.30. The minimum absolute atomic E-state index is 0.136. The molecule has 0 spiro atoms. The first-order valence-corrected chi connectivity index (χ1v) is 8.18. The van der Waals surface area contributed by atoms with Crippen molar-refractivity contribution >= 4 is 31.9 Å². The lowest BCUT2D eigenvalue weighted by Crippen LogP contribution is -2.39. The van der Waals surface area contributed by atoms with Crippen molar-refractivity contribution in [3.8, 4) is 5.75 Å². The van der Waals surface area contributed by atoms with Crippen LogP contribution in [-0.2, 0) is 13.0 Å². The minimum Gasteiger partial charge on any atom is -0.493 e. The summed E-state index contributed by atoms with van der Waals surface area (Å²) in [6.07, 6.45) is 2.12. The maximum absolute atomic E-state index is 5.74. The topological polar surface area (TPSA) is 21.3 Å². The van der Waals surface area contributed by atoms with Gasteiger partial charge in [-0.05, 0) is 38.0 Å². The number of halogens is 2. The first-order chi connectivity index (χ1) is 8.52. The van der Waals surface area contributed by atoms with Crippen LogP contribution in [-0.4, -0.2) is 17.5 Å². The van der Waals surface area contributed by atoms with Gasteiger partial charge in [-0.15, -0.1) is 0 Å². The Morgan fingerprint density at radius 2 is 2.17 bits per heavy atom. The van der Waals surface area contributed by atoms with Gasteiger partial charge in [0.25, 0.3) is 0 Å². The Hall–Kier alpha value is -0.0600. The number of benzene rings is 1. The molecule has 18 heavy (non-hydrogen) atoms. The third-order valence-corrected chi connectivity index (χ3v) is 4.16. The van der Waals surface area contributed by atoms with Crippen molar-refractivity contribution in [3.63, 3.8) is 0 Å². The quantitative estimate of drug-likeness (QED) is 0.783. The highest BCUT2D eigenvalue weighted by molar-refractivity contribution is 9.10. The van der Waals surface area contributed by atoms with Gasteiger partial charge in [-0.3, -0.25) is 0 Å². The van der Waals surface area contributed by atoms with Crippen molar-refractivity contribution in [2.45, 2.75) is 38.8 Å². The number of rotatable bonds is 5. The number of fused-ring (bicyclic) bond motifs is 1. The van der Waals surface area contributed by atoms with Gasteiger partial charge in [0.05, 0.1) is 6.61 Å². The smallest absolute Gasteiger partial charge is 0.127 e. The predicted octanol–water partition coefficient (Wildman–Crippen LogP) is 4.04. The van der Waals surface area contributed by atoms with E-state index in [0.29, 0.717) is 0 Å². The molecule has 2 rings (SSSR count). The molecule has 100 valence electrons. The molecule has 1 aromatic carbocycles. The summed E-state index contributed by atoms with van der Waals surface area (Å²) in [5.74, 6) is 1.08. The molecule has 0 aromatic heterocycles. The molecule has 1 heterocycles. The van der Waals surface area contributed by atoms with Gasteiger partial charge in [-0.2, -0.15) is 0 Å². The van der Waals surface area contributed by atoms with Crippen molar-refractivity contribution < 1.29 is 4.74 Å². The fourth-order valence-electron chi connectivity index (χ4n) is 2.14. The van der Waals surface area contributed by atoms with E-state index in [2.05, 4.69) is 63.2 Å². The lowest BCUT2D eigenvalue weighted by Gasteiger charge is -2.26. The van der Waals surface area contributed by atoms with Crippen LogP contribution in [0.5, 0.6) is 5.75 Å². The lowest BCUT2D eigenvalue weighted by atomic mass is 10.0. The summed E-state index contributed by atoms with van der Waals surface area (Å²) in [5.41, 5.74) is 2.70. The zero-order valence-electron chi connectivity index (χ0n) is 10.9. The molecule has 1 aliphatic heterocycles. The highest BCUT2D eigenvalue weighted by Gasteiger charge is 2.20. The summed E-state index contributed by atoms with van der Waals surface area (Å²) in [6.45, 7) is 6.12. The molecule has 0 saturated carbocycles. The molecule has 0 atom stereocenters. The van der Waals surface area contributed by atoms with E-state index < -0.39 is 0 Å². The third kappa shape index (κ3) is 3.49. The molecule has 0 amide bonds. The zero-order valence-corrected chi connectivity index (χ0v) is 14.0. The van der Waals surface area contributed by atoms with Crippen LogP contribution >= 0.6 is 31.9 Å². The summed E-state index contributed by atoms with van der Waals surface area (Å²) < 4.78 is 6.88. The monoisotopic (exact) mass is 375 g/mol. The molecule has 0 radical (unpaired) electrons. The zero-order chi connectivity index (χ0) is 13.2. The molecule has 1 aliphatic rings. The normalized spacial score (nSPS) is 14.4. The van der Waals surface area contributed by atoms with Crippen molar-refractivity contribution in [1.82, 2.24) is 5.32 Å². The van der Waals surface area contributed by atoms with Crippen LogP contribution in [0.1, 0.15) is 31.4 Å². The molecule has 0 unspecified atom stereocenters. The van der Waals surface area contributed by atoms with E-state index in [4.69, 9.17) is 4.74 Å². The molecular formula is C14H19Br2NO. The van der Waals surface area contributed by atoms with Crippen molar-refractivity contribution in [2.75, 3.05) is 11.9 Å². The second kappa shape index (κ2) is 5.93. The minimum atomic E-state index is 0.136. The van der Waals surface area contributed by atoms with E-state index in [9.17, 15) is 0 Å². The Labute approximate surface area is 126 Å². The van der Waals surface area contributed by atoms with Crippen LogP contribution in [0.4, 0.5) is 0 Å². The van der Waals surface area contributed by atoms with Crippen LogP contribution in [0, 0.1) is 0 Å². The fraction of sp³-hybridized carbons (Fsp3) is 0.571. The Morgan fingerprint density at radius 3 is 2.89 bits per heavy atom. The van der Waals surface area contributed by atoms with Gasteiger partial charge in [0.2, 0.25) is 0 Å². The summed E-state index contributed by atoms with van der Waals surface area (Å²) in [6, 6.07) is 4.32. The predicted molar refractivity (Wildman–Crippen MR) is 82.7 cm³/mol. The molecule has 1 N–H and O–H groups in total. The highest BCUT2D eigenvalue weighted by Crippen LogP contribution is 2.33. The number of hydrogen-bond donors (Lipinski definition) is 1. The van der Waals surface area contributed by atoms with E-state index >= 15 is 0 Å². The van der Waals surface area contributed by atoms with Crippen LogP contribution < -0.4 is 10.1 Å². The molecular weight excluding hydrogens is 358 g/mol. The van der Waals surface area contributed by atoms with Crippen LogP contribution in [0.15, 0.2) is 16.6 Å². The number of nitrogens with one attached hydrogen (secondary N) is 1. The molecule has 4 heteroatoms. The van der Waals surface area contributed by atoms with Crippen LogP contribution in [0.3, 0.4) is 0 Å². The molecule has 2 nitrogen and oxygen atoms in total. The molecule has 0 fully saturated rings. The Balaban J connectivity index is 2.10. The maximum Gasteiger partial charge on any atom is 0.127 e. The van der Waals surface area contributed by atoms with Gasteiger partial charge in [-0.1, -0.05) is 31.9 Å². The fourth-order valence-corrected chi connectivity index (χ4v) is 3.68. The van der Waals surface area contributed by atoms with Gasteiger partial charge >= 0.3 is 0 Å². The number of hydrogen-bond acceptors (Lipinski definition) is 2. The number of ether oxygens (including phenoxy) is 1. The molecule has 0 bridgehead atoms. The summed E-state index contributed by atoms with van der Waals surface area (Å²) in [5, 5.41) is 4.62. The Kier molecular flexibility index (Phi) is 4.73.